The molecule has 0 radical (unpaired) electrons. The van der Waals surface area contributed by atoms with Gasteiger partial charge in [0.15, 0.2) is 11.4 Å². The van der Waals surface area contributed by atoms with Crippen LogP contribution in [0.15, 0.2) is 53.1 Å². The molecule has 2 aromatic heterocycles. The van der Waals surface area contributed by atoms with Crippen LogP contribution in [0.1, 0.15) is 17.4 Å². The number of benzene rings is 2. The van der Waals surface area contributed by atoms with Crippen molar-refractivity contribution in [2.45, 2.75) is 6.92 Å². The Kier molecular flexibility index (Phi) is 6.22. The molecule has 35 heavy (non-hydrogen) atoms. The van der Waals surface area contributed by atoms with Crippen LogP contribution in [0.2, 0.25) is 0 Å². The molecule has 178 valence electrons. The van der Waals surface area contributed by atoms with Crippen LogP contribution in [0.4, 0.5) is 11.4 Å². The van der Waals surface area contributed by atoms with Crippen LogP contribution in [0.3, 0.4) is 0 Å². The number of carbonyl (C=O) groups is 2. The molecule has 0 unspecified atom stereocenters. The van der Waals surface area contributed by atoms with Gasteiger partial charge in [0.25, 0.3) is 11.6 Å². The van der Waals surface area contributed by atoms with E-state index >= 15 is 0 Å². The second kappa shape index (κ2) is 9.43. The number of anilines is 1. The fourth-order valence-corrected chi connectivity index (χ4v) is 3.33. The Morgan fingerprint density at radius 3 is 2.60 bits per heavy atom. The highest BCUT2D eigenvalue weighted by Crippen LogP contribution is 2.35. The summed E-state index contributed by atoms with van der Waals surface area (Å²) >= 11 is 0. The number of ether oxygens (including phenoxy) is 2. The van der Waals surface area contributed by atoms with Crippen molar-refractivity contribution >= 4 is 23.3 Å². The molecule has 0 aliphatic carbocycles. The van der Waals surface area contributed by atoms with E-state index in [4.69, 9.17) is 14.0 Å². The third-order valence-electron chi connectivity index (χ3n) is 4.83. The second-order valence-electron chi connectivity index (χ2n) is 7.06. The molecular weight excluding hydrogens is 460 g/mol. The minimum absolute atomic E-state index is 0.0167. The molecule has 1 amide bonds. The minimum atomic E-state index is -0.794. The second-order valence-corrected chi connectivity index (χ2v) is 7.06. The number of hydrogen-bond acceptors (Lipinski definition) is 10. The van der Waals surface area contributed by atoms with Crippen molar-refractivity contribution in [3.63, 3.8) is 0 Å². The first-order valence-electron chi connectivity index (χ1n) is 10.0. The summed E-state index contributed by atoms with van der Waals surface area (Å²) in [5.41, 5.74) is 0.131. The minimum Gasteiger partial charge on any atom is -0.497 e. The summed E-state index contributed by atoms with van der Waals surface area (Å²) in [6.07, 6.45) is 0. The summed E-state index contributed by atoms with van der Waals surface area (Å²) in [5.74, 6) is -1.05. The Morgan fingerprint density at radius 1 is 1.14 bits per heavy atom. The van der Waals surface area contributed by atoms with Gasteiger partial charge in [-0.05, 0) is 18.2 Å². The highest BCUT2D eigenvalue weighted by molar-refractivity contribution is 6.03. The number of methoxy groups -OCH3 is 2. The normalized spacial score (nSPS) is 10.6. The third kappa shape index (κ3) is 4.42. The zero-order valence-corrected chi connectivity index (χ0v) is 18.7. The number of nitrogens with zero attached hydrogens (tertiary/aromatic N) is 5. The Morgan fingerprint density at radius 2 is 1.91 bits per heavy atom. The van der Waals surface area contributed by atoms with E-state index in [1.807, 2.05) is 0 Å². The average Bonchev–Trinajstić information content (AvgIpc) is 3.48. The van der Waals surface area contributed by atoms with Gasteiger partial charge in [0.1, 0.15) is 17.0 Å². The molecule has 0 atom stereocenters. The maximum Gasteiger partial charge on any atom is 0.359 e. The molecule has 4 rings (SSSR count). The van der Waals surface area contributed by atoms with Crippen LogP contribution in [-0.2, 0) is 9.53 Å². The summed E-state index contributed by atoms with van der Waals surface area (Å²) in [4.78, 5) is 39.8. The van der Waals surface area contributed by atoms with Crippen molar-refractivity contribution in [3.8, 4) is 34.4 Å². The topological polar surface area (TPSA) is 165 Å². The molecule has 0 spiro atoms. The lowest BCUT2D eigenvalue weighted by Gasteiger charge is -2.09. The Bertz CT molecular complexity index is 1440. The molecule has 0 aliphatic rings. The van der Waals surface area contributed by atoms with Crippen LogP contribution in [0, 0.1) is 10.1 Å². The number of para-hydroxylation sites is 1. The molecule has 4 aromatic rings. The van der Waals surface area contributed by atoms with Crippen molar-refractivity contribution in [3.05, 3.63) is 64.3 Å². The van der Waals surface area contributed by atoms with E-state index in [1.165, 1.54) is 44.0 Å². The Balaban J connectivity index is 1.93. The molecule has 1 N–H and O–H groups in total. The number of nitro benzene ring substituents is 1. The van der Waals surface area contributed by atoms with Gasteiger partial charge in [0.2, 0.25) is 11.7 Å². The standard InChI is InChI=1S/C22H18N6O7/c1-12(29)23-17-18(20-24-21(35-26-20)15-9-4-5-10-16(15)28(31)32)25-27(19(17)22(30)34-3)13-7-6-8-14(11-13)33-2/h4-11H,1-3H3,(H,23,29). The fourth-order valence-electron chi connectivity index (χ4n) is 3.33. The van der Waals surface area contributed by atoms with E-state index < -0.39 is 16.8 Å². The first-order valence-corrected chi connectivity index (χ1v) is 10.0. The van der Waals surface area contributed by atoms with E-state index in [-0.39, 0.29) is 40.0 Å². The molecule has 0 saturated carbocycles. The molecule has 13 nitrogen and oxygen atoms in total. The predicted molar refractivity (Wildman–Crippen MR) is 121 cm³/mol. The van der Waals surface area contributed by atoms with E-state index in [9.17, 15) is 19.7 Å². The predicted octanol–water partition coefficient (Wildman–Crippen LogP) is 3.25. The van der Waals surface area contributed by atoms with Gasteiger partial charge >= 0.3 is 5.97 Å². The molecule has 2 heterocycles. The number of nitrogens with one attached hydrogen (secondary N) is 1. The van der Waals surface area contributed by atoms with Gasteiger partial charge in [-0.3, -0.25) is 14.9 Å². The van der Waals surface area contributed by atoms with E-state index in [0.717, 1.165) is 0 Å². The van der Waals surface area contributed by atoms with Crippen molar-refractivity contribution in [2.75, 3.05) is 19.5 Å². The van der Waals surface area contributed by atoms with E-state index in [1.54, 1.807) is 30.3 Å². The first kappa shape index (κ1) is 23.1. The van der Waals surface area contributed by atoms with Crippen molar-refractivity contribution in [1.29, 1.82) is 0 Å². The lowest BCUT2D eigenvalue weighted by Crippen LogP contribution is -2.15. The van der Waals surface area contributed by atoms with Gasteiger partial charge in [-0.15, -0.1) is 0 Å². The molecule has 0 fully saturated rings. The number of nitro groups is 1. The van der Waals surface area contributed by atoms with Crippen molar-refractivity contribution in [2.24, 2.45) is 0 Å². The zero-order chi connectivity index (χ0) is 25.1. The first-order chi connectivity index (χ1) is 16.8. The zero-order valence-electron chi connectivity index (χ0n) is 18.7. The fraction of sp³-hybridized carbons (Fsp3) is 0.136. The van der Waals surface area contributed by atoms with Gasteiger partial charge in [-0.2, -0.15) is 10.1 Å². The molecule has 2 aromatic carbocycles. The van der Waals surface area contributed by atoms with Crippen molar-refractivity contribution in [1.82, 2.24) is 19.9 Å². The number of rotatable bonds is 7. The Hall–Kier alpha value is -5.07. The monoisotopic (exact) mass is 478 g/mol. The van der Waals surface area contributed by atoms with Gasteiger partial charge in [-0.1, -0.05) is 23.4 Å². The quantitative estimate of drug-likeness (QED) is 0.237. The lowest BCUT2D eigenvalue weighted by atomic mass is 10.2. The molecule has 0 saturated heterocycles. The van der Waals surface area contributed by atoms with Crippen LogP contribution in [0.25, 0.3) is 28.7 Å². The smallest absolute Gasteiger partial charge is 0.359 e. The number of hydrogen-bond donors (Lipinski definition) is 1. The Labute approximate surface area is 197 Å². The summed E-state index contributed by atoms with van der Waals surface area (Å²) in [6, 6.07) is 12.5. The number of amides is 1. The number of carbonyl (C=O) groups excluding carboxylic acids is 2. The summed E-state index contributed by atoms with van der Waals surface area (Å²) in [5, 5.41) is 22.3. The van der Waals surface area contributed by atoms with Crippen LogP contribution in [-0.4, -0.2) is 50.9 Å². The van der Waals surface area contributed by atoms with Gasteiger partial charge in [-0.25, -0.2) is 9.48 Å². The van der Waals surface area contributed by atoms with Gasteiger partial charge in [0, 0.05) is 19.1 Å². The number of esters is 1. The highest BCUT2D eigenvalue weighted by atomic mass is 16.6. The SMILES string of the molecule is COC(=O)c1c(NC(C)=O)c(-c2noc(-c3ccccc3[N+](=O)[O-])n2)nn1-c1cccc(OC)c1. The van der Waals surface area contributed by atoms with E-state index in [2.05, 4.69) is 20.6 Å². The van der Waals surface area contributed by atoms with Gasteiger partial charge < -0.3 is 19.3 Å². The third-order valence-corrected chi connectivity index (χ3v) is 4.83. The molecular formula is C22H18N6O7. The average molecular weight is 478 g/mol. The van der Waals surface area contributed by atoms with E-state index in [0.29, 0.717) is 11.4 Å². The van der Waals surface area contributed by atoms with Gasteiger partial charge in [0.05, 0.1) is 24.8 Å². The summed E-state index contributed by atoms with van der Waals surface area (Å²) < 4.78 is 16.7. The molecule has 0 bridgehead atoms. The van der Waals surface area contributed by atoms with Crippen LogP contribution in [0.5, 0.6) is 5.75 Å². The lowest BCUT2D eigenvalue weighted by molar-refractivity contribution is -0.384. The van der Waals surface area contributed by atoms with Crippen LogP contribution >= 0.6 is 0 Å². The van der Waals surface area contributed by atoms with Crippen molar-refractivity contribution < 1.29 is 28.5 Å². The van der Waals surface area contributed by atoms with Crippen LogP contribution < -0.4 is 10.1 Å². The molecule has 0 aliphatic heterocycles. The summed E-state index contributed by atoms with van der Waals surface area (Å²) in [6.45, 7) is 1.25. The maximum atomic E-state index is 12.8. The summed E-state index contributed by atoms with van der Waals surface area (Å²) in [7, 11) is 2.67. The maximum absolute atomic E-state index is 12.8. The number of aromatic nitrogens is 4. The molecule has 13 heteroatoms. The largest absolute Gasteiger partial charge is 0.497 e. The highest BCUT2D eigenvalue weighted by Gasteiger charge is 2.30.